The lowest BCUT2D eigenvalue weighted by Gasteiger charge is -2.10. The Hall–Kier alpha value is -2.86. The molecule has 3 aromatic rings. The van der Waals surface area contributed by atoms with E-state index in [4.69, 9.17) is 16.3 Å². The minimum absolute atomic E-state index is 0.102. The van der Waals surface area contributed by atoms with Crippen molar-refractivity contribution in [3.8, 4) is 11.4 Å². The molecule has 1 heterocycles. The minimum Gasteiger partial charge on any atom is -0.494 e. The number of hydrogen-bond acceptors (Lipinski definition) is 3. The van der Waals surface area contributed by atoms with Gasteiger partial charge in [0.05, 0.1) is 12.3 Å². The van der Waals surface area contributed by atoms with E-state index < -0.39 is 0 Å². The maximum atomic E-state index is 14.4. The SMILES string of the molecule is Cc1nccn1-c1ccc(CNC(=O)CCCOc2ccc(Cl)cc2)cc1F. The molecule has 1 amide bonds. The molecule has 5 nitrogen and oxygen atoms in total. The van der Waals surface area contributed by atoms with Gasteiger partial charge in [-0.1, -0.05) is 17.7 Å². The average Bonchev–Trinajstić information content (AvgIpc) is 3.11. The summed E-state index contributed by atoms with van der Waals surface area (Å²) < 4.78 is 21.6. The van der Waals surface area contributed by atoms with Crippen molar-refractivity contribution in [2.24, 2.45) is 0 Å². The van der Waals surface area contributed by atoms with E-state index in [2.05, 4.69) is 10.3 Å². The van der Waals surface area contributed by atoms with E-state index in [9.17, 15) is 9.18 Å². The number of ether oxygens (including phenoxy) is 1. The van der Waals surface area contributed by atoms with E-state index in [-0.39, 0.29) is 18.3 Å². The molecule has 7 heteroatoms. The van der Waals surface area contributed by atoms with Crippen LogP contribution < -0.4 is 10.1 Å². The molecule has 1 N–H and O–H groups in total. The fourth-order valence-corrected chi connectivity index (χ4v) is 2.86. The summed E-state index contributed by atoms with van der Waals surface area (Å²) in [6.07, 6.45) is 4.25. The van der Waals surface area contributed by atoms with Gasteiger partial charge in [0.2, 0.25) is 5.91 Å². The van der Waals surface area contributed by atoms with Crippen LogP contribution in [-0.2, 0) is 11.3 Å². The second-order valence-corrected chi connectivity index (χ2v) is 6.75. The highest BCUT2D eigenvalue weighted by atomic mass is 35.5. The third kappa shape index (κ3) is 5.33. The fourth-order valence-electron chi connectivity index (χ4n) is 2.73. The highest BCUT2D eigenvalue weighted by molar-refractivity contribution is 6.30. The van der Waals surface area contributed by atoms with Gasteiger partial charge >= 0.3 is 0 Å². The van der Waals surface area contributed by atoms with Crippen molar-refractivity contribution in [3.63, 3.8) is 0 Å². The molecule has 0 aliphatic rings. The Morgan fingerprint density at radius 3 is 2.71 bits per heavy atom. The van der Waals surface area contributed by atoms with E-state index in [0.717, 1.165) is 0 Å². The average molecular weight is 402 g/mol. The fraction of sp³-hybridized carbons (Fsp3) is 0.238. The monoisotopic (exact) mass is 401 g/mol. The molecule has 146 valence electrons. The van der Waals surface area contributed by atoms with Gasteiger partial charge in [0.25, 0.3) is 0 Å². The first kappa shape index (κ1) is 19.9. The molecule has 0 saturated heterocycles. The quantitative estimate of drug-likeness (QED) is 0.567. The van der Waals surface area contributed by atoms with Crippen LogP contribution in [0, 0.1) is 12.7 Å². The lowest BCUT2D eigenvalue weighted by atomic mass is 10.2. The number of rotatable bonds is 8. The second kappa shape index (κ2) is 9.37. The van der Waals surface area contributed by atoms with Crippen LogP contribution in [0.4, 0.5) is 4.39 Å². The van der Waals surface area contributed by atoms with Gasteiger partial charge in [0.1, 0.15) is 17.4 Å². The zero-order chi connectivity index (χ0) is 19.9. The van der Waals surface area contributed by atoms with Gasteiger partial charge in [0, 0.05) is 30.4 Å². The number of amides is 1. The van der Waals surface area contributed by atoms with Gasteiger partial charge in [-0.3, -0.25) is 4.79 Å². The molecule has 2 aromatic carbocycles. The summed E-state index contributed by atoms with van der Waals surface area (Å²) >= 11 is 5.82. The second-order valence-electron chi connectivity index (χ2n) is 6.31. The summed E-state index contributed by atoms with van der Waals surface area (Å²) in [5, 5.41) is 3.45. The van der Waals surface area contributed by atoms with Crippen LogP contribution in [0.5, 0.6) is 5.75 Å². The Labute approximate surface area is 168 Å². The zero-order valence-electron chi connectivity index (χ0n) is 15.5. The van der Waals surface area contributed by atoms with Crippen LogP contribution in [-0.4, -0.2) is 22.1 Å². The van der Waals surface area contributed by atoms with E-state index in [1.165, 1.54) is 6.07 Å². The summed E-state index contributed by atoms with van der Waals surface area (Å²) in [6.45, 7) is 2.52. The van der Waals surface area contributed by atoms with Crippen molar-refractivity contribution in [1.29, 1.82) is 0 Å². The first-order valence-corrected chi connectivity index (χ1v) is 9.34. The summed E-state index contributed by atoms with van der Waals surface area (Å²) in [5.41, 5.74) is 1.13. The van der Waals surface area contributed by atoms with Crippen LogP contribution in [0.1, 0.15) is 24.2 Å². The Balaban J connectivity index is 1.42. The number of aryl methyl sites for hydroxylation is 1. The summed E-state index contributed by atoms with van der Waals surface area (Å²) in [6, 6.07) is 12.0. The van der Waals surface area contributed by atoms with Crippen molar-refractivity contribution in [2.75, 3.05) is 6.61 Å². The van der Waals surface area contributed by atoms with Gasteiger partial charge < -0.3 is 14.6 Å². The number of halogens is 2. The van der Waals surface area contributed by atoms with Crippen LogP contribution in [0.15, 0.2) is 54.9 Å². The largest absolute Gasteiger partial charge is 0.494 e. The Morgan fingerprint density at radius 2 is 2.04 bits per heavy atom. The maximum absolute atomic E-state index is 14.4. The van der Waals surface area contributed by atoms with Gasteiger partial charge in [-0.15, -0.1) is 0 Å². The summed E-state index contributed by atoms with van der Waals surface area (Å²) in [7, 11) is 0. The van der Waals surface area contributed by atoms with E-state index >= 15 is 0 Å². The van der Waals surface area contributed by atoms with E-state index in [1.807, 2.05) is 6.92 Å². The van der Waals surface area contributed by atoms with Gasteiger partial charge in [-0.2, -0.15) is 0 Å². The molecule has 0 bridgehead atoms. The van der Waals surface area contributed by atoms with Crippen LogP contribution in [0.2, 0.25) is 5.02 Å². The molecule has 0 atom stereocenters. The van der Waals surface area contributed by atoms with Crippen molar-refractivity contribution < 1.29 is 13.9 Å². The number of nitrogens with zero attached hydrogens (tertiary/aromatic N) is 2. The van der Waals surface area contributed by atoms with Crippen LogP contribution in [0.3, 0.4) is 0 Å². The number of carbonyl (C=O) groups excluding carboxylic acids is 1. The molecule has 1 aromatic heterocycles. The summed E-state index contributed by atoms with van der Waals surface area (Å²) in [4.78, 5) is 16.1. The lowest BCUT2D eigenvalue weighted by molar-refractivity contribution is -0.121. The Kier molecular flexibility index (Phi) is 6.66. The predicted molar refractivity (Wildman–Crippen MR) is 106 cm³/mol. The first-order chi connectivity index (χ1) is 13.5. The highest BCUT2D eigenvalue weighted by Gasteiger charge is 2.09. The Morgan fingerprint density at radius 1 is 1.25 bits per heavy atom. The molecule has 0 fully saturated rings. The number of aromatic nitrogens is 2. The standard InChI is InChI=1S/C21H21ClFN3O2/c1-15-24-10-11-26(15)20-9-4-16(13-19(20)23)14-25-21(27)3-2-12-28-18-7-5-17(22)6-8-18/h4-11,13H,2-3,12,14H2,1H3,(H,25,27). The third-order valence-electron chi connectivity index (χ3n) is 4.22. The van der Waals surface area contributed by atoms with Crippen molar-refractivity contribution in [1.82, 2.24) is 14.9 Å². The van der Waals surface area contributed by atoms with E-state index in [0.29, 0.717) is 47.3 Å². The molecule has 0 spiro atoms. The molecule has 0 aliphatic carbocycles. The molecular weight excluding hydrogens is 381 g/mol. The lowest BCUT2D eigenvalue weighted by Crippen LogP contribution is -2.23. The molecule has 0 aliphatic heterocycles. The zero-order valence-corrected chi connectivity index (χ0v) is 16.2. The molecular formula is C21H21ClFN3O2. The number of nitrogens with one attached hydrogen (secondary N) is 1. The Bertz CT molecular complexity index is 941. The normalized spacial score (nSPS) is 10.7. The number of imidazole rings is 1. The van der Waals surface area contributed by atoms with Crippen LogP contribution >= 0.6 is 11.6 Å². The number of hydrogen-bond donors (Lipinski definition) is 1. The third-order valence-corrected chi connectivity index (χ3v) is 4.47. The van der Waals surface area contributed by atoms with Crippen LogP contribution in [0.25, 0.3) is 5.69 Å². The minimum atomic E-state index is -0.357. The number of benzene rings is 2. The van der Waals surface area contributed by atoms with Crippen molar-refractivity contribution in [3.05, 3.63) is 77.1 Å². The first-order valence-electron chi connectivity index (χ1n) is 8.97. The van der Waals surface area contributed by atoms with Gasteiger partial charge in [-0.25, -0.2) is 9.37 Å². The molecule has 28 heavy (non-hydrogen) atoms. The molecule has 3 rings (SSSR count). The molecule has 0 radical (unpaired) electrons. The topological polar surface area (TPSA) is 56.2 Å². The predicted octanol–water partition coefficient (Wildman–Crippen LogP) is 4.45. The molecule has 0 unspecified atom stereocenters. The van der Waals surface area contributed by atoms with Gasteiger partial charge in [-0.05, 0) is 55.3 Å². The molecule has 0 saturated carbocycles. The highest BCUT2D eigenvalue weighted by Crippen LogP contribution is 2.17. The summed E-state index contributed by atoms with van der Waals surface area (Å²) in [5.74, 6) is 0.966. The van der Waals surface area contributed by atoms with Gasteiger partial charge in [0.15, 0.2) is 0 Å². The van der Waals surface area contributed by atoms with Crippen molar-refractivity contribution in [2.45, 2.75) is 26.3 Å². The van der Waals surface area contributed by atoms with E-state index in [1.54, 1.807) is 53.4 Å². The number of carbonyl (C=O) groups is 1. The smallest absolute Gasteiger partial charge is 0.220 e. The maximum Gasteiger partial charge on any atom is 0.220 e. The van der Waals surface area contributed by atoms with Crippen molar-refractivity contribution >= 4 is 17.5 Å².